The number of likely N-dealkylation sites (tertiary alicyclic amines) is 1. The van der Waals surface area contributed by atoms with Crippen molar-refractivity contribution in [2.45, 2.75) is 25.9 Å². The van der Waals surface area contributed by atoms with Crippen LogP contribution in [0.4, 0.5) is 4.39 Å². The van der Waals surface area contributed by atoms with E-state index in [9.17, 15) is 4.39 Å². The monoisotopic (exact) mass is 315 g/mol. The highest BCUT2D eigenvalue weighted by Gasteiger charge is 2.28. The Kier molecular flexibility index (Phi) is 4.96. The van der Waals surface area contributed by atoms with E-state index in [-0.39, 0.29) is 18.2 Å². The second-order valence-corrected chi connectivity index (χ2v) is 6.45. The molecule has 110 valence electrons. The molecule has 1 aliphatic heterocycles. The standard InChI is InChI=1S/C14H18FN3S.ClH/c1-9-4-10(6-16)7-18(9)8-14-17-12-3-2-11(15)5-13(12)19-14;/h2-3,5,9-10H,4,6-8,16H2,1H3;1H. The zero-order valence-corrected chi connectivity index (χ0v) is 13.0. The molecule has 2 N–H and O–H groups in total. The van der Waals surface area contributed by atoms with E-state index < -0.39 is 0 Å². The average Bonchev–Trinajstić information content (AvgIpc) is 2.93. The molecule has 20 heavy (non-hydrogen) atoms. The van der Waals surface area contributed by atoms with Crippen molar-refractivity contribution in [3.63, 3.8) is 0 Å². The second kappa shape index (κ2) is 6.35. The van der Waals surface area contributed by atoms with Crippen LogP contribution in [-0.2, 0) is 6.54 Å². The maximum absolute atomic E-state index is 13.2. The third kappa shape index (κ3) is 3.11. The lowest BCUT2D eigenvalue weighted by atomic mass is 10.1. The van der Waals surface area contributed by atoms with Gasteiger partial charge < -0.3 is 5.73 Å². The summed E-state index contributed by atoms with van der Waals surface area (Å²) in [6, 6.07) is 5.33. The molecule has 2 heterocycles. The molecule has 0 amide bonds. The number of aromatic nitrogens is 1. The Hall–Kier alpha value is -0.750. The van der Waals surface area contributed by atoms with Gasteiger partial charge in [-0.15, -0.1) is 23.7 Å². The summed E-state index contributed by atoms with van der Waals surface area (Å²) < 4.78 is 14.1. The molecule has 2 aromatic rings. The van der Waals surface area contributed by atoms with E-state index in [0.29, 0.717) is 12.0 Å². The predicted octanol–water partition coefficient (Wildman–Crippen LogP) is 3.03. The van der Waals surface area contributed by atoms with Crippen LogP contribution >= 0.6 is 23.7 Å². The van der Waals surface area contributed by atoms with Crippen LogP contribution in [0.3, 0.4) is 0 Å². The second-order valence-electron chi connectivity index (χ2n) is 5.34. The van der Waals surface area contributed by atoms with Gasteiger partial charge in [0.1, 0.15) is 10.8 Å². The number of fused-ring (bicyclic) bond motifs is 1. The normalized spacial score (nSPS) is 23.1. The molecule has 0 spiro atoms. The minimum atomic E-state index is -0.194. The fourth-order valence-corrected chi connectivity index (χ4v) is 3.81. The first-order valence-electron chi connectivity index (χ1n) is 6.65. The molecule has 2 unspecified atom stereocenters. The van der Waals surface area contributed by atoms with Gasteiger partial charge in [-0.05, 0) is 44.0 Å². The first-order chi connectivity index (χ1) is 9.15. The van der Waals surface area contributed by atoms with Crippen LogP contribution in [-0.4, -0.2) is 29.0 Å². The van der Waals surface area contributed by atoms with Crippen molar-refractivity contribution in [2.75, 3.05) is 13.1 Å². The van der Waals surface area contributed by atoms with Crippen molar-refractivity contribution >= 4 is 34.0 Å². The van der Waals surface area contributed by atoms with Crippen molar-refractivity contribution in [3.8, 4) is 0 Å². The van der Waals surface area contributed by atoms with Crippen LogP contribution in [0.1, 0.15) is 18.4 Å². The van der Waals surface area contributed by atoms with Crippen LogP contribution in [0.15, 0.2) is 18.2 Å². The molecule has 0 saturated carbocycles. The molecule has 0 radical (unpaired) electrons. The van der Waals surface area contributed by atoms with Crippen molar-refractivity contribution in [1.82, 2.24) is 9.88 Å². The average molecular weight is 316 g/mol. The highest BCUT2D eigenvalue weighted by atomic mass is 35.5. The number of hydrogen-bond donors (Lipinski definition) is 1. The first kappa shape index (κ1) is 15.6. The summed E-state index contributed by atoms with van der Waals surface area (Å²) in [6.45, 7) is 4.88. The van der Waals surface area contributed by atoms with E-state index in [1.54, 1.807) is 23.5 Å². The fourth-order valence-electron chi connectivity index (χ4n) is 2.80. The lowest BCUT2D eigenvalue weighted by molar-refractivity contribution is 0.255. The van der Waals surface area contributed by atoms with Gasteiger partial charge >= 0.3 is 0 Å². The van der Waals surface area contributed by atoms with Crippen LogP contribution < -0.4 is 5.73 Å². The zero-order valence-electron chi connectivity index (χ0n) is 11.4. The maximum Gasteiger partial charge on any atom is 0.124 e. The summed E-state index contributed by atoms with van der Waals surface area (Å²) in [5.41, 5.74) is 6.64. The summed E-state index contributed by atoms with van der Waals surface area (Å²) in [5.74, 6) is 0.405. The smallest absolute Gasteiger partial charge is 0.124 e. The molecule has 0 bridgehead atoms. The van der Waals surface area contributed by atoms with Gasteiger partial charge in [-0.1, -0.05) is 0 Å². The summed E-state index contributed by atoms with van der Waals surface area (Å²) in [6.07, 6.45) is 1.16. The van der Waals surface area contributed by atoms with Gasteiger partial charge in [0.05, 0.1) is 16.8 Å². The number of thiazole rings is 1. The molecule has 6 heteroatoms. The van der Waals surface area contributed by atoms with E-state index in [1.807, 2.05) is 0 Å². The Balaban J connectivity index is 0.00000147. The van der Waals surface area contributed by atoms with E-state index >= 15 is 0 Å². The molecule has 1 aliphatic rings. The molecule has 1 saturated heterocycles. The van der Waals surface area contributed by atoms with Gasteiger partial charge in [-0.2, -0.15) is 0 Å². The highest BCUT2D eigenvalue weighted by molar-refractivity contribution is 7.18. The van der Waals surface area contributed by atoms with Gasteiger partial charge in [0.15, 0.2) is 0 Å². The van der Waals surface area contributed by atoms with Crippen LogP contribution in [0.5, 0.6) is 0 Å². The van der Waals surface area contributed by atoms with E-state index in [1.165, 1.54) is 6.07 Å². The third-order valence-corrected chi connectivity index (χ3v) is 4.86. The summed E-state index contributed by atoms with van der Waals surface area (Å²) in [4.78, 5) is 7.00. The minimum Gasteiger partial charge on any atom is -0.330 e. The predicted molar refractivity (Wildman–Crippen MR) is 83.9 cm³/mol. The Labute approximate surface area is 128 Å². The number of nitrogens with zero attached hydrogens (tertiary/aromatic N) is 2. The Bertz CT molecular complexity index is 589. The van der Waals surface area contributed by atoms with Gasteiger partial charge in [0, 0.05) is 12.6 Å². The Morgan fingerprint density at radius 3 is 3.00 bits per heavy atom. The number of nitrogens with two attached hydrogens (primary N) is 1. The summed E-state index contributed by atoms with van der Waals surface area (Å²) in [5, 5.41) is 1.06. The van der Waals surface area contributed by atoms with Crippen molar-refractivity contribution < 1.29 is 4.39 Å². The molecular weight excluding hydrogens is 297 g/mol. The lowest BCUT2D eigenvalue weighted by Crippen LogP contribution is -2.27. The van der Waals surface area contributed by atoms with Crippen LogP contribution in [0.25, 0.3) is 10.2 Å². The van der Waals surface area contributed by atoms with Crippen LogP contribution in [0, 0.1) is 11.7 Å². The number of hydrogen-bond acceptors (Lipinski definition) is 4. The zero-order chi connectivity index (χ0) is 13.4. The highest BCUT2D eigenvalue weighted by Crippen LogP contribution is 2.28. The van der Waals surface area contributed by atoms with E-state index in [4.69, 9.17) is 5.73 Å². The maximum atomic E-state index is 13.2. The molecular formula is C14H19ClFN3S. The number of benzene rings is 1. The Morgan fingerprint density at radius 2 is 2.30 bits per heavy atom. The van der Waals surface area contributed by atoms with Crippen molar-refractivity contribution in [2.24, 2.45) is 11.7 Å². The summed E-state index contributed by atoms with van der Waals surface area (Å²) >= 11 is 1.59. The lowest BCUT2D eigenvalue weighted by Gasteiger charge is -2.19. The first-order valence-corrected chi connectivity index (χ1v) is 7.46. The van der Waals surface area contributed by atoms with Crippen molar-refractivity contribution in [1.29, 1.82) is 0 Å². The molecule has 3 nitrogen and oxygen atoms in total. The molecule has 0 aliphatic carbocycles. The number of rotatable bonds is 3. The molecule has 3 rings (SSSR count). The molecule has 1 aromatic heterocycles. The third-order valence-electron chi connectivity index (χ3n) is 3.86. The van der Waals surface area contributed by atoms with Crippen molar-refractivity contribution in [3.05, 3.63) is 29.0 Å². The van der Waals surface area contributed by atoms with Gasteiger partial charge in [-0.3, -0.25) is 4.90 Å². The SMILES string of the molecule is CC1CC(CN)CN1Cc1nc2ccc(F)cc2s1.Cl. The quantitative estimate of drug-likeness (QED) is 0.946. The number of halogens is 2. The largest absolute Gasteiger partial charge is 0.330 e. The van der Waals surface area contributed by atoms with Crippen LogP contribution in [0.2, 0.25) is 0 Å². The minimum absolute atomic E-state index is 0. The molecule has 2 atom stereocenters. The Morgan fingerprint density at radius 1 is 1.50 bits per heavy atom. The fraction of sp³-hybridized carbons (Fsp3) is 0.500. The van der Waals surface area contributed by atoms with E-state index in [2.05, 4.69) is 16.8 Å². The topological polar surface area (TPSA) is 42.1 Å². The van der Waals surface area contributed by atoms with Gasteiger partial charge in [0.2, 0.25) is 0 Å². The van der Waals surface area contributed by atoms with Gasteiger partial charge in [0.25, 0.3) is 0 Å². The molecule has 1 aromatic carbocycles. The van der Waals surface area contributed by atoms with E-state index in [0.717, 1.165) is 41.3 Å². The molecule has 1 fully saturated rings. The summed E-state index contributed by atoms with van der Waals surface area (Å²) in [7, 11) is 0. The van der Waals surface area contributed by atoms with Gasteiger partial charge in [-0.25, -0.2) is 9.37 Å².